The largest absolute Gasteiger partial charge is 0.308 e. The molecule has 4 rings (SSSR count). The van der Waals surface area contributed by atoms with Crippen LogP contribution >= 0.6 is 11.8 Å². The zero-order chi connectivity index (χ0) is 20.5. The van der Waals surface area contributed by atoms with Crippen LogP contribution in [0, 0.1) is 0 Å². The summed E-state index contributed by atoms with van der Waals surface area (Å²) in [7, 11) is 0. The van der Waals surface area contributed by atoms with Crippen LogP contribution in [0.15, 0.2) is 58.5 Å². The molecule has 1 amide bonds. The van der Waals surface area contributed by atoms with E-state index in [1.165, 1.54) is 17.3 Å². The molecule has 29 heavy (non-hydrogen) atoms. The highest BCUT2D eigenvalue weighted by atomic mass is 32.2. The standard InChI is InChI=1S/C23H25N3O2S/c1-4-13-25-22(28)18-10-6-7-11-19(18)24-23(25)29-16(3)21(27)26-15(2)14-17-9-5-8-12-20(17)26/h5-12,15-16H,4,13-14H2,1-3H3/t15-,16-/m1/s1. The Balaban J connectivity index is 1.67. The van der Waals surface area contributed by atoms with Gasteiger partial charge in [-0.15, -0.1) is 0 Å². The summed E-state index contributed by atoms with van der Waals surface area (Å²) in [6, 6.07) is 15.6. The number of carbonyl (C=O) groups excluding carboxylic acids is 1. The highest BCUT2D eigenvalue weighted by Gasteiger charge is 2.33. The molecule has 6 heteroatoms. The molecule has 0 bridgehead atoms. The Morgan fingerprint density at radius 1 is 1.21 bits per heavy atom. The van der Waals surface area contributed by atoms with Gasteiger partial charge in [-0.1, -0.05) is 49.0 Å². The van der Waals surface area contributed by atoms with E-state index in [4.69, 9.17) is 4.98 Å². The Labute approximate surface area is 174 Å². The van der Waals surface area contributed by atoms with Crippen molar-refractivity contribution in [3.8, 4) is 0 Å². The van der Waals surface area contributed by atoms with Gasteiger partial charge in [0.15, 0.2) is 5.16 Å². The molecule has 0 spiro atoms. The van der Waals surface area contributed by atoms with Crippen LogP contribution in [-0.2, 0) is 17.8 Å². The number of carbonyl (C=O) groups is 1. The molecule has 0 saturated heterocycles. The topological polar surface area (TPSA) is 55.2 Å². The van der Waals surface area contributed by atoms with Gasteiger partial charge in [0, 0.05) is 18.3 Å². The molecular weight excluding hydrogens is 382 g/mol. The molecular formula is C23H25N3O2S. The predicted octanol–water partition coefficient (Wildman–Crippen LogP) is 4.26. The molecule has 0 saturated carbocycles. The molecule has 2 atom stereocenters. The summed E-state index contributed by atoms with van der Waals surface area (Å²) >= 11 is 1.37. The van der Waals surface area contributed by atoms with E-state index < -0.39 is 0 Å². The lowest BCUT2D eigenvalue weighted by Gasteiger charge is -2.26. The van der Waals surface area contributed by atoms with E-state index >= 15 is 0 Å². The molecule has 0 radical (unpaired) electrons. The maximum atomic E-state index is 13.3. The van der Waals surface area contributed by atoms with Crippen LogP contribution in [0.2, 0.25) is 0 Å². The molecule has 0 N–H and O–H groups in total. The minimum absolute atomic E-state index is 0.0421. The SMILES string of the molecule is CCCn1c(S[C@H](C)C(=O)N2c3ccccc3C[C@H]2C)nc2ccccc2c1=O. The van der Waals surface area contributed by atoms with Gasteiger partial charge in [0.05, 0.1) is 16.2 Å². The number of para-hydroxylation sites is 2. The van der Waals surface area contributed by atoms with Crippen molar-refractivity contribution in [1.29, 1.82) is 0 Å². The molecule has 2 heterocycles. The highest BCUT2D eigenvalue weighted by Crippen LogP contribution is 2.34. The fourth-order valence-corrected chi connectivity index (χ4v) is 4.95. The Kier molecular flexibility index (Phi) is 5.46. The minimum Gasteiger partial charge on any atom is -0.308 e. The number of nitrogens with zero attached hydrogens (tertiary/aromatic N) is 3. The maximum Gasteiger partial charge on any atom is 0.262 e. The number of hydrogen-bond acceptors (Lipinski definition) is 4. The number of aromatic nitrogens is 2. The van der Waals surface area contributed by atoms with Crippen LogP contribution in [0.25, 0.3) is 10.9 Å². The Hall–Kier alpha value is -2.60. The number of rotatable bonds is 5. The van der Waals surface area contributed by atoms with Crippen LogP contribution in [0.1, 0.15) is 32.8 Å². The first-order chi connectivity index (χ1) is 14.0. The number of amides is 1. The van der Waals surface area contributed by atoms with Crippen molar-refractivity contribution in [2.75, 3.05) is 4.90 Å². The number of fused-ring (bicyclic) bond motifs is 2. The van der Waals surface area contributed by atoms with E-state index in [2.05, 4.69) is 13.0 Å². The van der Waals surface area contributed by atoms with Crippen LogP contribution in [0.3, 0.4) is 0 Å². The lowest BCUT2D eigenvalue weighted by atomic mass is 10.1. The Morgan fingerprint density at radius 2 is 1.93 bits per heavy atom. The second-order valence-corrected chi connectivity index (χ2v) is 8.83. The van der Waals surface area contributed by atoms with Gasteiger partial charge in [0.25, 0.3) is 5.56 Å². The predicted molar refractivity (Wildman–Crippen MR) is 119 cm³/mol. The number of benzene rings is 2. The van der Waals surface area contributed by atoms with Crippen LogP contribution in [0.5, 0.6) is 0 Å². The Bertz CT molecular complexity index is 1120. The summed E-state index contributed by atoms with van der Waals surface area (Å²) < 4.78 is 1.71. The van der Waals surface area contributed by atoms with Crippen molar-refractivity contribution in [3.05, 3.63) is 64.4 Å². The smallest absolute Gasteiger partial charge is 0.262 e. The van der Waals surface area contributed by atoms with Crippen molar-refractivity contribution in [3.63, 3.8) is 0 Å². The van der Waals surface area contributed by atoms with E-state index in [0.717, 1.165) is 18.5 Å². The van der Waals surface area contributed by atoms with Crippen LogP contribution in [0.4, 0.5) is 5.69 Å². The first-order valence-electron chi connectivity index (χ1n) is 10.1. The van der Waals surface area contributed by atoms with Gasteiger partial charge in [-0.05, 0) is 50.5 Å². The minimum atomic E-state index is -0.347. The fraction of sp³-hybridized carbons (Fsp3) is 0.348. The average molecular weight is 408 g/mol. The van der Waals surface area contributed by atoms with Gasteiger partial charge in [0.2, 0.25) is 5.91 Å². The zero-order valence-electron chi connectivity index (χ0n) is 17.0. The van der Waals surface area contributed by atoms with Gasteiger partial charge >= 0.3 is 0 Å². The summed E-state index contributed by atoms with van der Waals surface area (Å²) in [6.45, 7) is 6.60. The third-order valence-electron chi connectivity index (χ3n) is 5.35. The van der Waals surface area contributed by atoms with Gasteiger partial charge in [-0.2, -0.15) is 0 Å². The Morgan fingerprint density at radius 3 is 2.72 bits per heavy atom. The first kappa shape index (κ1) is 19.7. The van der Waals surface area contributed by atoms with Gasteiger partial charge in [-0.25, -0.2) is 4.98 Å². The van der Waals surface area contributed by atoms with E-state index in [-0.39, 0.29) is 22.8 Å². The monoisotopic (exact) mass is 407 g/mol. The third kappa shape index (κ3) is 3.57. The number of hydrogen-bond donors (Lipinski definition) is 0. The summed E-state index contributed by atoms with van der Waals surface area (Å²) in [4.78, 5) is 32.9. The normalized spacial score (nSPS) is 16.8. The van der Waals surface area contributed by atoms with Crippen LogP contribution < -0.4 is 10.5 Å². The molecule has 5 nitrogen and oxygen atoms in total. The summed E-state index contributed by atoms with van der Waals surface area (Å²) in [5.41, 5.74) is 2.83. The van der Waals surface area contributed by atoms with E-state index in [1.807, 2.05) is 61.2 Å². The molecule has 3 aromatic rings. The fourth-order valence-electron chi connectivity index (χ4n) is 3.96. The van der Waals surface area contributed by atoms with Crippen molar-refractivity contribution < 1.29 is 4.79 Å². The van der Waals surface area contributed by atoms with Crippen molar-refractivity contribution >= 4 is 34.3 Å². The highest BCUT2D eigenvalue weighted by molar-refractivity contribution is 8.00. The molecule has 0 fully saturated rings. The molecule has 150 valence electrons. The van der Waals surface area contributed by atoms with E-state index in [9.17, 15) is 9.59 Å². The molecule has 0 aliphatic carbocycles. The summed E-state index contributed by atoms with van der Waals surface area (Å²) in [5, 5.41) is 0.877. The average Bonchev–Trinajstić information content (AvgIpc) is 3.06. The summed E-state index contributed by atoms with van der Waals surface area (Å²) in [6.07, 6.45) is 1.69. The van der Waals surface area contributed by atoms with Crippen LogP contribution in [-0.4, -0.2) is 26.8 Å². The van der Waals surface area contributed by atoms with Crippen molar-refractivity contribution in [2.24, 2.45) is 0 Å². The van der Waals surface area contributed by atoms with Gasteiger partial charge in [0.1, 0.15) is 0 Å². The lowest BCUT2D eigenvalue weighted by molar-refractivity contribution is -0.118. The zero-order valence-corrected chi connectivity index (χ0v) is 17.8. The van der Waals surface area contributed by atoms with Gasteiger partial charge in [-0.3, -0.25) is 14.2 Å². The molecule has 1 aliphatic heterocycles. The molecule has 0 unspecified atom stereocenters. The third-order valence-corrected chi connectivity index (χ3v) is 6.43. The van der Waals surface area contributed by atoms with E-state index in [1.54, 1.807) is 4.57 Å². The first-order valence-corrected chi connectivity index (χ1v) is 11.0. The second kappa shape index (κ2) is 8.03. The second-order valence-electron chi connectivity index (χ2n) is 7.52. The molecule has 1 aliphatic rings. The molecule has 2 aromatic carbocycles. The summed E-state index contributed by atoms with van der Waals surface area (Å²) in [5.74, 6) is 0.0536. The number of anilines is 1. The van der Waals surface area contributed by atoms with Gasteiger partial charge < -0.3 is 4.90 Å². The van der Waals surface area contributed by atoms with Crippen molar-refractivity contribution in [2.45, 2.75) is 56.6 Å². The maximum absolute atomic E-state index is 13.3. The van der Waals surface area contributed by atoms with E-state index in [0.29, 0.717) is 22.6 Å². The number of thioether (sulfide) groups is 1. The quantitative estimate of drug-likeness (QED) is 0.468. The lowest BCUT2D eigenvalue weighted by Crippen LogP contribution is -2.40. The molecule has 1 aromatic heterocycles. The van der Waals surface area contributed by atoms with Crippen molar-refractivity contribution in [1.82, 2.24) is 9.55 Å².